The first kappa shape index (κ1) is 34.6. The van der Waals surface area contributed by atoms with Gasteiger partial charge in [-0.05, 0) is 92.0 Å². The van der Waals surface area contributed by atoms with E-state index in [1.165, 1.54) is 0 Å². The van der Waals surface area contributed by atoms with Gasteiger partial charge >= 0.3 is 20.7 Å². The molecule has 0 bridgehead atoms. The maximum Gasteiger partial charge on any atom is 0.469 e. The quantitative estimate of drug-likeness (QED) is 0.142. The van der Waals surface area contributed by atoms with Crippen molar-refractivity contribution in [2.75, 3.05) is 19.8 Å². The Morgan fingerprint density at radius 2 is 1.26 bits per heavy atom. The molecular weight excluding hydrogens is 517 g/mol. The van der Waals surface area contributed by atoms with Crippen LogP contribution in [0.4, 0.5) is 0 Å². The summed E-state index contributed by atoms with van der Waals surface area (Å²) in [5, 5.41) is 8.89. The maximum atomic E-state index is 12.9. The van der Waals surface area contributed by atoms with E-state index in [-0.39, 0.29) is 25.8 Å². The van der Waals surface area contributed by atoms with Crippen molar-refractivity contribution in [3.05, 3.63) is 0 Å². The van der Waals surface area contributed by atoms with Gasteiger partial charge in [-0.25, -0.2) is 0 Å². The van der Waals surface area contributed by atoms with Gasteiger partial charge in [-0.2, -0.15) is 0 Å². The van der Waals surface area contributed by atoms with Crippen LogP contribution in [-0.2, 0) is 31.4 Å². The number of ether oxygens (including phenoxy) is 2. The monoisotopic (exact) mass is 568 g/mol. The van der Waals surface area contributed by atoms with Crippen molar-refractivity contribution in [1.82, 2.24) is 0 Å². The van der Waals surface area contributed by atoms with Gasteiger partial charge in [0.1, 0.15) is 6.61 Å². The lowest BCUT2D eigenvalue weighted by Gasteiger charge is -2.42. The predicted octanol–water partition coefficient (Wildman–Crippen LogP) is 5.39. The van der Waals surface area contributed by atoms with Crippen molar-refractivity contribution in [2.24, 2.45) is 11.3 Å². The highest BCUT2D eigenvalue weighted by Crippen LogP contribution is 2.32. The van der Waals surface area contributed by atoms with Crippen LogP contribution in [0.1, 0.15) is 40.0 Å². The van der Waals surface area contributed by atoms with Crippen LogP contribution in [0.2, 0.25) is 65.0 Å². The molecule has 208 valence electrons. The normalized spacial score (nSPS) is 14.5. The summed E-state index contributed by atoms with van der Waals surface area (Å²) in [6.07, 6.45) is 1.45. The summed E-state index contributed by atoms with van der Waals surface area (Å²) in [4.78, 5) is 25.1. The Balaban J connectivity index is 5.30. The summed E-state index contributed by atoms with van der Waals surface area (Å²) in [5.74, 6) is -1.17. The van der Waals surface area contributed by atoms with E-state index in [0.717, 1.165) is 0 Å². The van der Waals surface area contributed by atoms with E-state index in [1.807, 2.05) is 6.92 Å². The molecule has 1 N–H and O–H groups in total. The van der Waals surface area contributed by atoms with Gasteiger partial charge in [0.25, 0.3) is 0 Å². The first-order chi connectivity index (χ1) is 15.7. The number of hydrogen-bond donors (Lipinski definition) is 1. The molecule has 0 saturated carbocycles. The lowest BCUT2D eigenvalue weighted by molar-refractivity contribution is -0.158. The summed E-state index contributed by atoms with van der Waals surface area (Å²) in [6, 6.07) is 0.602. The third-order valence-corrected chi connectivity index (χ3v) is 16.8. The number of esters is 2. The smallest absolute Gasteiger partial charge is 0.465 e. The molecule has 0 aromatic carbocycles. The van der Waals surface area contributed by atoms with E-state index in [1.54, 1.807) is 13.8 Å². The minimum Gasteiger partial charge on any atom is -0.465 e. The third-order valence-electron chi connectivity index (χ3n) is 4.72. The molecule has 0 rings (SSSR count). The molecule has 35 heavy (non-hydrogen) atoms. The molecule has 0 heterocycles. The molecule has 8 nitrogen and oxygen atoms in total. The molecule has 12 heteroatoms. The van der Waals surface area contributed by atoms with E-state index < -0.39 is 51.1 Å². The highest BCUT2D eigenvalue weighted by atomic mass is 28.5. The number of carbonyl (C=O) groups is 2. The van der Waals surface area contributed by atoms with Crippen LogP contribution >= 0.6 is 0 Å². The number of hydrogen-bond acceptors (Lipinski definition) is 8. The summed E-state index contributed by atoms with van der Waals surface area (Å²) in [6.45, 7) is 24.8. The lowest BCUT2D eigenvalue weighted by atomic mass is 9.81. The van der Waals surface area contributed by atoms with Gasteiger partial charge in [-0.3, -0.25) is 9.59 Å². The predicted molar refractivity (Wildman–Crippen MR) is 150 cm³/mol. The number of carbonyl (C=O) groups excluding carboxylic acids is 2. The van der Waals surface area contributed by atoms with E-state index >= 15 is 0 Å². The molecule has 0 aliphatic carbocycles. The molecule has 0 aliphatic rings. The van der Waals surface area contributed by atoms with Crippen molar-refractivity contribution in [3.63, 3.8) is 0 Å². The molecule has 1 atom stereocenters. The van der Waals surface area contributed by atoms with Gasteiger partial charge in [-0.1, -0.05) is 6.92 Å². The SMILES string of the molecule is CCC(CC(C)(C)C(=O)OCCC[Si](O[Si](C)(C)C)(O[Si](C)(C)C)O[Si](C)(C)C)C(=O)OCCO. The fourth-order valence-electron chi connectivity index (χ4n) is 3.62. The minimum atomic E-state index is -2.97. The lowest BCUT2D eigenvalue weighted by Crippen LogP contribution is -2.60. The topological polar surface area (TPSA) is 101 Å². The van der Waals surface area contributed by atoms with Gasteiger partial charge < -0.3 is 26.9 Å². The third kappa shape index (κ3) is 15.5. The van der Waals surface area contributed by atoms with E-state index in [2.05, 4.69) is 58.9 Å². The maximum absolute atomic E-state index is 12.9. The van der Waals surface area contributed by atoms with Gasteiger partial charge in [0.15, 0.2) is 25.0 Å². The second kappa shape index (κ2) is 14.0. The first-order valence-corrected chi connectivity index (χ1v) is 24.9. The summed E-state index contributed by atoms with van der Waals surface area (Å²) in [7, 11) is -8.84. The van der Waals surface area contributed by atoms with Crippen molar-refractivity contribution in [3.8, 4) is 0 Å². The van der Waals surface area contributed by atoms with Crippen LogP contribution in [0.25, 0.3) is 0 Å². The molecular formula is C23H52O8Si4. The van der Waals surface area contributed by atoms with Crippen LogP contribution in [0, 0.1) is 11.3 Å². The zero-order valence-corrected chi connectivity index (χ0v) is 28.3. The Morgan fingerprint density at radius 3 is 1.63 bits per heavy atom. The molecule has 0 aliphatic heterocycles. The highest BCUT2D eigenvalue weighted by Gasteiger charge is 2.49. The Kier molecular flexibility index (Phi) is 13.8. The Hall–Kier alpha value is -0.352. The van der Waals surface area contributed by atoms with Crippen molar-refractivity contribution in [1.29, 1.82) is 0 Å². The Labute approximate surface area is 218 Å². The summed E-state index contributed by atoms with van der Waals surface area (Å²) in [5.41, 5.74) is -0.841. The van der Waals surface area contributed by atoms with E-state index in [4.69, 9.17) is 26.9 Å². The fraction of sp³-hybridized carbons (Fsp3) is 0.913. The molecule has 0 radical (unpaired) electrons. The van der Waals surface area contributed by atoms with Gasteiger partial charge in [0.2, 0.25) is 0 Å². The van der Waals surface area contributed by atoms with Gasteiger partial charge in [0.05, 0.1) is 24.5 Å². The minimum absolute atomic E-state index is 0.0374. The van der Waals surface area contributed by atoms with Crippen LogP contribution in [0.5, 0.6) is 0 Å². The summed E-state index contributed by atoms with van der Waals surface area (Å²) >= 11 is 0. The molecule has 0 amide bonds. The standard InChI is InChI=1S/C23H52O8Si4/c1-13-20(21(25)27-17-15-24)19-23(2,3)22(26)28-16-14-18-35(29-32(4,5)6,30-33(7,8)9)31-34(10,11)12/h20,24H,13-19H2,1-12H3. The average Bonchev–Trinajstić information content (AvgIpc) is 2.63. The zero-order valence-electron chi connectivity index (χ0n) is 24.3. The molecule has 0 aromatic rings. The van der Waals surface area contributed by atoms with Crippen molar-refractivity contribution >= 4 is 45.7 Å². The largest absolute Gasteiger partial charge is 0.469 e. The second-order valence-corrected chi connectivity index (χ2v) is 29.6. The highest BCUT2D eigenvalue weighted by molar-refractivity contribution is 6.90. The Morgan fingerprint density at radius 1 is 0.800 bits per heavy atom. The van der Waals surface area contributed by atoms with Gasteiger partial charge in [-0.15, -0.1) is 0 Å². The first-order valence-electron chi connectivity index (χ1n) is 12.7. The fourth-order valence-corrected chi connectivity index (χ4v) is 18.2. The number of aliphatic hydroxyl groups is 1. The van der Waals surface area contributed by atoms with Crippen molar-refractivity contribution < 1.29 is 36.5 Å². The van der Waals surface area contributed by atoms with Crippen LogP contribution in [0.3, 0.4) is 0 Å². The van der Waals surface area contributed by atoms with Gasteiger partial charge in [0, 0.05) is 6.04 Å². The molecule has 1 unspecified atom stereocenters. The average molecular weight is 569 g/mol. The molecule has 0 aromatic heterocycles. The van der Waals surface area contributed by atoms with Crippen LogP contribution in [-0.4, -0.2) is 70.6 Å². The van der Waals surface area contributed by atoms with Crippen LogP contribution in [0.15, 0.2) is 0 Å². The molecule has 0 fully saturated rings. The Bertz CT molecular complexity index is 625. The molecule has 0 saturated heterocycles. The second-order valence-electron chi connectivity index (χ2n) is 12.7. The van der Waals surface area contributed by atoms with Crippen LogP contribution < -0.4 is 0 Å². The molecule has 0 spiro atoms. The summed E-state index contributed by atoms with van der Waals surface area (Å²) < 4.78 is 30.7. The number of aliphatic hydroxyl groups excluding tert-OH is 1. The van der Waals surface area contributed by atoms with E-state index in [9.17, 15) is 9.59 Å². The van der Waals surface area contributed by atoms with Crippen molar-refractivity contribution in [2.45, 2.75) is 105 Å². The van der Waals surface area contributed by atoms with E-state index in [0.29, 0.717) is 25.3 Å². The number of rotatable bonds is 17. The zero-order chi connectivity index (χ0) is 27.7.